The van der Waals surface area contributed by atoms with Gasteiger partial charge in [-0.3, -0.25) is 0 Å². The molecule has 158 valence electrons. The molecule has 0 bridgehead atoms. The largest absolute Gasteiger partial charge is 0.508 e. The van der Waals surface area contributed by atoms with Gasteiger partial charge in [-0.25, -0.2) is 0 Å². The Hall–Kier alpha value is -3.22. The van der Waals surface area contributed by atoms with Crippen LogP contribution in [0.15, 0.2) is 54.6 Å². The lowest BCUT2D eigenvalue weighted by Crippen LogP contribution is -2.29. The maximum atomic E-state index is 12.1. The van der Waals surface area contributed by atoms with Crippen molar-refractivity contribution in [1.29, 1.82) is 0 Å². The summed E-state index contributed by atoms with van der Waals surface area (Å²) in [5.74, 6) is 1.52. The highest BCUT2D eigenvalue weighted by Crippen LogP contribution is 2.42. The van der Waals surface area contributed by atoms with Gasteiger partial charge in [-0.15, -0.1) is 0 Å². The van der Waals surface area contributed by atoms with E-state index in [4.69, 9.17) is 14.2 Å². The highest BCUT2D eigenvalue weighted by atomic mass is 16.5. The fourth-order valence-corrected chi connectivity index (χ4v) is 3.50. The topological polar surface area (TPSA) is 88.4 Å². The van der Waals surface area contributed by atoms with E-state index in [1.807, 2.05) is 0 Å². The van der Waals surface area contributed by atoms with E-state index in [-0.39, 0.29) is 12.4 Å². The summed E-state index contributed by atoms with van der Waals surface area (Å²) in [5, 5.41) is 32.0. The average molecular weight is 410 g/mol. The lowest BCUT2D eigenvalue weighted by Gasteiger charge is -2.31. The molecule has 0 saturated carbocycles. The summed E-state index contributed by atoms with van der Waals surface area (Å²) in [4.78, 5) is 0. The smallest absolute Gasteiger partial charge is 0.161 e. The van der Waals surface area contributed by atoms with Crippen molar-refractivity contribution in [2.45, 2.75) is 19.1 Å². The Labute approximate surface area is 175 Å². The van der Waals surface area contributed by atoms with E-state index in [0.29, 0.717) is 45.1 Å². The van der Waals surface area contributed by atoms with Gasteiger partial charge in [0.2, 0.25) is 0 Å². The summed E-state index contributed by atoms with van der Waals surface area (Å²) < 4.78 is 16.2. The molecule has 30 heavy (non-hydrogen) atoms. The van der Waals surface area contributed by atoms with Gasteiger partial charge in [-0.05, 0) is 53.4 Å². The molecule has 0 spiro atoms. The van der Waals surface area contributed by atoms with Gasteiger partial charge >= 0.3 is 0 Å². The van der Waals surface area contributed by atoms with E-state index in [1.54, 1.807) is 68.6 Å². The standard InChI is InChI=1S/C24H26O6/c1-15-5-7-17(11-20(15)26)24(27,18-8-6-16(14-25)22(12-18)29-3)19-9-10-21(28-2)23(13-19)30-4/h5-13,25-27H,14H2,1-4H3. The number of aromatic hydroxyl groups is 1. The Bertz CT molecular complexity index is 988. The first-order chi connectivity index (χ1) is 14.4. The molecule has 6 nitrogen and oxygen atoms in total. The maximum absolute atomic E-state index is 12.1. The summed E-state index contributed by atoms with van der Waals surface area (Å²) in [6.07, 6.45) is 0. The van der Waals surface area contributed by atoms with Gasteiger partial charge in [0, 0.05) is 5.56 Å². The fourth-order valence-electron chi connectivity index (χ4n) is 3.50. The minimum Gasteiger partial charge on any atom is -0.508 e. The van der Waals surface area contributed by atoms with Crippen LogP contribution in [0.5, 0.6) is 23.0 Å². The number of aliphatic hydroxyl groups is 2. The quantitative estimate of drug-likeness (QED) is 0.517. The number of benzene rings is 3. The summed E-state index contributed by atoms with van der Waals surface area (Å²) in [7, 11) is 4.57. The van der Waals surface area contributed by atoms with Crippen molar-refractivity contribution in [3.8, 4) is 23.0 Å². The van der Waals surface area contributed by atoms with Crippen molar-refractivity contribution in [2.75, 3.05) is 21.3 Å². The number of phenolic OH excluding ortho intramolecular Hbond substituents is 1. The first-order valence-corrected chi connectivity index (χ1v) is 9.42. The summed E-state index contributed by atoms with van der Waals surface area (Å²) in [6, 6.07) is 15.3. The molecule has 6 heteroatoms. The van der Waals surface area contributed by atoms with E-state index in [0.717, 1.165) is 0 Å². The van der Waals surface area contributed by atoms with Gasteiger partial charge in [0.15, 0.2) is 11.5 Å². The Morgan fingerprint density at radius 1 is 0.733 bits per heavy atom. The van der Waals surface area contributed by atoms with Gasteiger partial charge in [0.05, 0.1) is 27.9 Å². The number of hydrogen-bond acceptors (Lipinski definition) is 6. The van der Waals surface area contributed by atoms with Crippen LogP contribution in [0.2, 0.25) is 0 Å². The molecule has 0 aliphatic rings. The monoisotopic (exact) mass is 410 g/mol. The second-order valence-corrected chi connectivity index (χ2v) is 6.97. The van der Waals surface area contributed by atoms with Crippen LogP contribution in [0.25, 0.3) is 0 Å². The number of phenols is 1. The van der Waals surface area contributed by atoms with Crippen LogP contribution in [-0.2, 0) is 12.2 Å². The molecular formula is C24H26O6. The minimum atomic E-state index is -1.63. The first kappa shape index (κ1) is 21.5. The van der Waals surface area contributed by atoms with Crippen molar-refractivity contribution >= 4 is 0 Å². The molecule has 0 aliphatic heterocycles. The summed E-state index contributed by atoms with van der Waals surface area (Å²) in [6.45, 7) is 1.59. The van der Waals surface area contributed by atoms with E-state index in [9.17, 15) is 15.3 Å². The van der Waals surface area contributed by atoms with E-state index in [1.165, 1.54) is 14.2 Å². The Kier molecular flexibility index (Phi) is 6.20. The molecule has 0 amide bonds. The summed E-state index contributed by atoms with van der Waals surface area (Å²) >= 11 is 0. The molecule has 1 atom stereocenters. The zero-order valence-electron chi connectivity index (χ0n) is 17.5. The molecule has 3 aromatic rings. The predicted molar refractivity (Wildman–Crippen MR) is 113 cm³/mol. The third-order valence-electron chi connectivity index (χ3n) is 5.30. The van der Waals surface area contributed by atoms with E-state index < -0.39 is 5.60 Å². The predicted octanol–water partition coefficient (Wildman–Crippen LogP) is 3.50. The Balaban J connectivity index is 2.31. The Morgan fingerprint density at radius 3 is 1.83 bits per heavy atom. The number of hydrogen-bond donors (Lipinski definition) is 3. The van der Waals surface area contributed by atoms with Crippen LogP contribution >= 0.6 is 0 Å². The SMILES string of the molecule is COc1cc(C(O)(c2ccc(C)c(O)c2)c2ccc(OC)c(OC)c2)ccc1CO. The van der Waals surface area contributed by atoms with Crippen molar-refractivity contribution < 1.29 is 29.5 Å². The highest BCUT2D eigenvalue weighted by Gasteiger charge is 2.36. The van der Waals surface area contributed by atoms with Crippen molar-refractivity contribution in [2.24, 2.45) is 0 Å². The lowest BCUT2D eigenvalue weighted by atomic mass is 9.79. The van der Waals surface area contributed by atoms with Crippen LogP contribution in [-0.4, -0.2) is 36.6 Å². The third-order valence-corrected chi connectivity index (χ3v) is 5.30. The van der Waals surface area contributed by atoms with Crippen LogP contribution in [0, 0.1) is 6.92 Å². The van der Waals surface area contributed by atoms with Crippen molar-refractivity contribution in [1.82, 2.24) is 0 Å². The zero-order valence-corrected chi connectivity index (χ0v) is 17.5. The highest BCUT2D eigenvalue weighted by molar-refractivity contribution is 5.55. The molecule has 0 aromatic heterocycles. The minimum absolute atomic E-state index is 0.0744. The van der Waals surface area contributed by atoms with Gasteiger partial charge in [-0.1, -0.05) is 30.3 Å². The molecule has 3 aromatic carbocycles. The normalized spacial score (nSPS) is 12.9. The molecule has 1 unspecified atom stereocenters. The molecule has 3 N–H and O–H groups in total. The van der Waals surface area contributed by atoms with Gasteiger partial charge in [0.1, 0.15) is 17.1 Å². The van der Waals surface area contributed by atoms with Crippen LogP contribution in [0.1, 0.15) is 27.8 Å². The van der Waals surface area contributed by atoms with Gasteiger partial charge in [-0.2, -0.15) is 0 Å². The van der Waals surface area contributed by atoms with Crippen LogP contribution in [0.3, 0.4) is 0 Å². The maximum Gasteiger partial charge on any atom is 0.161 e. The van der Waals surface area contributed by atoms with Crippen LogP contribution < -0.4 is 14.2 Å². The lowest BCUT2D eigenvalue weighted by molar-refractivity contribution is 0.124. The first-order valence-electron chi connectivity index (χ1n) is 9.42. The molecule has 0 saturated heterocycles. The number of aryl methyl sites for hydroxylation is 1. The Morgan fingerprint density at radius 2 is 1.27 bits per heavy atom. The van der Waals surface area contributed by atoms with E-state index in [2.05, 4.69) is 0 Å². The number of rotatable bonds is 7. The fraction of sp³-hybridized carbons (Fsp3) is 0.250. The zero-order chi connectivity index (χ0) is 21.9. The number of ether oxygens (including phenoxy) is 3. The number of methoxy groups -OCH3 is 3. The van der Waals surface area contributed by atoms with Crippen molar-refractivity contribution in [3.05, 3.63) is 82.4 Å². The van der Waals surface area contributed by atoms with Crippen LogP contribution in [0.4, 0.5) is 0 Å². The number of aliphatic hydroxyl groups excluding tert-OH is 1. The third kappa shape index (κ3) is 3.67. The molecule has 3 rings (SSSR count). The second kappa shape index (κ2) is 8.65. The van der Waals surface area contributed by atoms with Gasteiger partial charge in [0.25, 0.3) is 0 Å². The molecule has 0 radical (unpaired) electrons. The van der Waals surface area contributed by atoms with Crippen molar-refractivity contribution in [3.63, 3.8) is 0 Å². The van der Waals surface area contributed by atoms with E-state index >= 15 is 0 Å². The average Bonchev–Trinajstić information content (AvgIpc) is 2.79. The summed E-state index contributed by atoms with van der Waals surface area (Å²) in [5.41, 5.74) is 1.15. The second-order valence-electron chi connectivity index (χ2n) is 6.97. The van der Waals surface area contributed by atoms with Gasteiger partial charge < -0.3 is 29.5 Å². The molecular weight excluding hydrogens is 384 g/mol. The molecule has 0 fully saturated rings. The molecule has 0 heterocycles. The molecule has 0 aliphatic carbocycles.